The van der Waals surface area contributed by atoms with E-state index in [-0.39, 0.29) is 11.9 Å². The molecule has 1 amide bonds. The van der Waals surface area contributed by atoms with Crippen LogP contribution in [0.3, 0.4) is 0 Å². The zero-order valence-electron chi connectivity index (χ0n) is 12.0. The lowest BCUT2D eigenvalue weighted by Gasteiger charge is -2.18. The van der Waals surface area contributed by atoms with Crippen molar-refractivity contribution in [2.75, 3.05) is 0 Å². The van der Waals surface area contributed by atoms with Gasteiger partial charge in [-0.15, -0.1) is 0 Å². The van der Waals surface area contributed by atoms with Crippen LogP contribution in [0.1, 0.15) is 26.2 Å². The van der Waals surface area contributed by atoms with Gasteiger partial charge in [0.05, 0.1) is 10.4 Å². The molecular formula is C15H17BrFNO4. The third-order valence-corrected chi connectivity index (χ3v) is 4.31. The Hall–Kier alpha value is -1.63. The zero-order valence-corrected chi connectivity index (χ0v) is 13.6. The fraction of sp³-hybridized carbons (Fsp3) is 0.467. The number of hydrogen-bond acceptors (Lipinski definition) is 3. The second-order valence-corrected chi connectivity index (χ2v) is 6.24. The van der Waals surface area contributed by atoms with Gasteiger partial charge in [0.15, 0.2) is 6.10 Å². The van der Waals surface area contributed by atoms with Crippen LogP contribution in [0.25, 0.3) is 0 Å². The summed E-state index contributed by atoms with van der Waals surface area (Å²) >= 11 is 3.17. The summed E-state index contributed by atoms with van der Waals surface area (Å²) in [6, 6.07) is 3.81. The van der Waals surface area contributed by atoms with Gasteiger partial charge in [-0.2, -0.15) is 0 Å². The minimum Gasteiger partial charge on any atom is -0.481 e. The highest BCUT2D eigenvalue weighted by Crippen LogP contribution is 2.27. The molecular weight excluding hydrogens is 357 g/mol. The summed E-state index contributed by atoms with van der Waals surface area (Å²) in [5.41, 5.74) is 0. The van der Waals surface area contributed by atoms with E-state index in [1.54, 1.807) is 6.92 Å². The molecule has 0 aromatic heterocycles. The van der Waals surface area contributed by atoms with Crippen LogP contribution >= 0.6 is 15.9 Å². The molecule has 1 saturated carbocycles. The minimum absolute atomic E-state index is 0.142. The summed E-state index contributed by atoms with van der Waals surface area (Å²) in [4.78, 5) is 23.0. The molecule has 1 fully saturated rings. The predicted molar refractivity (Wildman–Crippen MR) is 81.1 cm³/mol. The van der Waals surface area contributed by atoms with Crippen molar-refractivity contribution < 1.29 is 23.8 Å². The summed E-state index contributed by atoms with van der Waals surface area (Å²) in [7, 11) is 0. The molecule has 0 bridgehead atoms. The van der Waals surface area contributed by atoms with Gasteiger partial charge in [0, 0.05) is 6.04 Å². The lowest BCUT2D eigenvalue weighted by atomic mass is 10.1. The fourth-order valence-corrected chi connectivity index (χ4v) is 2.91. The number of benzene rings is 1. The zero-order chi connectivity index (χ0) is 16.3. The van der Waals surface area contributed by atoms with Gasteiger partial charge in [-0.3, -0.25) is 9.59 Å². The Bertz CT molecular complexity index is 581. The molecule has 2 N–H and O–H groups in total. The number of carbonyl (C=O) groups is 2. The Labute approximate surface area is 136 Å². The Morgan fingerprint density at radius 2 is 2.18 bits per heavy atom. The van der Waals surface area contributed by atoms with E-state index in [1.807, 2.05) is 0 Å². The van der Waals surface area contributed by atoms with Crippen molar-refractivity contribution >= 4 is 27.8 Å². The third kappa shape index (κ3) is 4.19. The predicted octanol–water partition coefficient (Wildman–Crippen LogP) is 2.73. The number of rotatable bonds is 5. The summed E-state index contributed by atoms with van der Waals surface area (Å²) in [6.07, 6.45) is 0.897. The van der Waals surface area contributed by atoms with Crippen molar-refractivity contribution in [3.05, 3.63) is 28.5 Å². The van der Waals surface area contributed by atoms with Gasteiger partial charge in [-0.1, -0.05) is 0 Å². The van der Waals surface area contributed by atoms with Gasteiger partial charge in [-0.25, -0.2) is 4.39 Å². The van der Waals surface area contributed by atoms with E-state index in [0.29, 0.717) is 29.5 Å². The Morgan fingerprint density at radius 1 is 1.45 bits per heavy atom. The van der Waals surface area contributed by atoms with Gasteiger partial charge >= 0.3 is 5.97 Å². The maximum absolute atomic E-state index is 13.0. The molecule has 3 atom stereocenters. The van der Waals surface area contributed by atoms with Gasteiger partial charge in [0.2, 0.25) is 0 Å². The van der Waals surface area contributed by atoms with Crippen molar-refractivity contribution in [1.82, 2.24) is 5.32 Å². The van der Waals surface area contributed by atoms with E-state index >= 15 is 0 Å². The van der Waals surface area contributed by atoms with Gasteiger partial charge in [0.1, 0.15) is 11.6 Å². The van der Waals surface area contributed by atoms with Crippen molar-refractivity contribution in [2.45, 2.75) is 38.3 Å². The summed E-state index contributed by atoms with van der Waals surface area (Å²) in [5, 5.41) is 11.7. The number of carbonyl (C=O) groups excluding carboxylic acids is 1. The first-order valence-corrected chi connectivity index (χ1v) is 7.81. The molecule has 1 aromatic carbocycles. The molecule has 1 aliphatic carbocycles. The number of carboxylic acid groups (broad SMARTS) is 1. The third-order valence-electron chi connectivity index (χ3n) is 3.70. The molecule has 0 spiro atoms. The average molecular weight is 374 g/mol. The lowest BCUT2D eigenvalue weighted by molar-refractivity contribution is -0.141. The lowest BCUT2D eigenvalue weighted by Crippen LogP contribution is -2.41. The Morgan fingerprint density at radius 3 is 2.77 bits per heavy atom. The standard InChI is InChI=1S/C15H17BrFNO4/c1-8(22-13-5-3-10(17)7-12(13)16)14(19)18-11-4-2-9(6-11)15(20)21/h3,5,7-9,11H,2,4,6H2,1H3,(H,18,19)(H,20,21)/t8?,9-,11+/m0/s1. The van der Waals surface area contributed by atoms with E-state index in [1.165, 1.54) is 18.2 Å². The van der Waals surface area contributed by atoms with Crippen LogP contribution in [-0.4, -0.2) is 29.1 Å². The minimum atomic E-state index is -0.823. The van der Waals surface area contributed by atoms with E-state index in [4.69, 9.17) is 9.84 Å². The van der Waals surface area contributed by atoms with Crippen LogP contribution in [0.4, 0.5) is 4.39 Å². The first-order valence-electron chi connectivity index (χ1n) is 7.01. The van der Waals surface area contributed by atoms with Crippen LogP contribution in [0.5, 0.6) is 5.75 Å². The topological polar surface area (TPSA) is 75.6 Å². The Balaban J connectivity index is 1.88. The van der Waals surface area contributed by atoms with Crippen molar-refractivity contribution in [3.63, 3.8) is 0 Å². The number of carboxylic acids is 1. The van der Waals surface area contributed by atoms with Gasteiger partial charge < -0.3 is 15.2 Å². The van der Waals surface area contributed by atoms with Crippen LogP contribution in [0.15, 0.2) is 22.7 Å². The fourth-order valence-electron chi connectivity index (χ4n) is 2.47. The van der Waals surface area contributed by atoms with E-state index < -0.39 is 23.8 Å². The molecule has 7 heteroatoms. The highest BCUT2D eigenvalue weighted by atomic mass is 79.9. The number of ether oxygens (including phenoxy) is 1. The summed E-state index contributed by atoms with van der Waals surface area (Å²) in [5.74, 6) is -1.56. The van der Waals surface area contributed by atoms with E-state index in [9.17, 15) is 14.0 Å². The molecule has 0 heterocycles. The molecule has 5 nitrogen and oxygen atoms in total. The largest absolute Gasteiger partial charge is 0.481 e. The van der Waals surface area contributed by atoms with Crippen LogP contribution in [-0.2, 0) is 9.59 Å². The normalized spacial score (nSPS) is 22.1. The maximum atomic E-state index is 13.0. The van der Waals surface area contributed by atoms with E-state index in [2.05, 4.69) is 21.2 Å². The molecule has 1 aliphatic rings. The number of nitrogens with one attached hydrogen (secondary N) is 1. The van der Waals surface area contributed by atoms with Crippen LogP contribution in [0, 0.1) is 11.7 Å². The first-order chi connectivity index (χ1) is 10.4. The number of hydrogen-bond donors (Lipinski definition) is 2. The van der Waals surface area contributed by atoms with Crippen LogP contribution in [0.2, 0.25) is 0 Å². The first kappa shape index (κ1) is 16.7. The number of aliphatic carboxylic acids is 1. The smallest absolute Gasteiger partial charge is 0.306 e. The van der Waals surface area contributed by atoms with Crippen molar-refractivity contribution in [2.24, 2.45) is 5.92 Å². The average Bonchev–Trinajstić information content (AvgIpc) is 2.90. The SMILES string of the molecule is CC(Oc1ccc(F)cc1Br)C(=O)N[C@@H]1CC[C@H](C(=O)O)C1. The molecule has 2 rings (SSSR count). The molecule has 0 aliphatic heterocycles. The Kier molecular flexibility index (Phi) is 5.39. The monoisotopic (exact) mass is 373 g/mol. The van der Waals surface area contributed by atoms with Gasteiger partial charge in [0.25, 0.3) is 5.91 Å². The van der Waals surface area contributed by atoms with Gasteiger partial charge in [-0.05, 0) is 60.3 Å². The second kappa shape index (κ2) is 7.09. The quantitative estimate of drug-likeness (QED) is 0.831. The van der Waals surface area contributed by atoms with Crippen LogP contribution < -0.4 is 10.1 Å². The molecule has 120 valence electrons. The molecule has 1 unspecified atom stereocenters. The second-order valence-electron chi connectivity index (χ2n) is 5.39. The molecule has 0 saturated heterocycles. The summed E-state index contributed by atoms with van der Waals surface area (Å²) in [6.45, 7) is 1.59. The number of halogens is 2. The molecule has 1 aromatic rings. The number of amides is 1. The van der Waals surface area contributed by atoms with E-state index in [0.717, 1.165) is 0 Å². The summed E-state index contributed by atoms with van der Waals surface area (Å²) < 4.78 is 18.9. The van der Waals surface area contributed by atoms with Crippen molar-refractivity contribution in [1.29, 1.82) is 0 Å². The highest BCUT2D eigenvalue weighted by Gasteiger charge is 2.31. The van der Waals surface area contributed by atoms with Crippen molar-refractivity contribution in [3.8, 4) is 5.75 Å². The molecule has 22 heavy (non-hydrogen) atoms. The highest BCUT2D eigenvalue weighted by molar-refractivity contribution is 9.10. The maximum Gasteiger partial charge on any atom is 0.306 e. The molecule has 0 radical (unpaired) electrons.